The summed E-state index contributed by atoms with van der Waals surface area (Å²) in [5.74, 6) is 1.59. The second-order valence-electron chi connectivity index (χ2n) is 3.77. The second-order valence-corrected chi connectivity index (χ2v) is 3.77. The summed E-state index contributed by atoms with van der Waals surface area (Å²) in [4.78, 5) is 15.7. The van der Waals surface area contributed by atoms with Crippen LogP contribution < -0.4 is 10.6 Å². The van der Waals surface area contributed by atoms with Gasteiger partial charge in [0.05, 0.1) is 17.3 Å². The van der Waals surface area contributed by atoms with E-state index >= 15 is 0 Å². The maximum absolute atomic E-state index is 4.24. The number of aromatic amines is 1. The lowest BCUT2D eigenvalue weighted by atomic mass is 10.3. The van der Waals surface area contributed by atoms with Crippen molar-refractivity contribution >= 4 is 28.4 Å². The largest absolute Gasteiger partial charge is 0.373 e. The van der Waals surface area contributed by atoms with Gasteiger partial charge in [-0.25, -0.2) is 15.0 Å². The van der Waals surface area contributed by atoms with E-state index in [4.69, 9.17) is 0 Å². The van der Waals surface area contributed by atoms with E-state index in [0.29, 0.717) is 0 Å². The number of nitrogens with one attached hydrogen (secondary N) is 3. The Hall–Kier alpha value is -2.63. The third-order valence-electron chi connectivity index (χ3n) is 2.64. The summed E-state index contributed by atoms with van der Waals surface area (Å²) in [5, 5.41) is 7.15. The Morgan fingerprint density at radius 3 is 2.83 bits per heavy atom. The summed E-state index contributed by atoms with van der Waals surface area (Å²) < 4.78 is 0. The molecule has 0 fully saturated rings. The van der Waals surface area contributed by atoms with E-state index in [1.807, 2.05) is 31.4 Å². The van der Waals surface area contributed by atoms with Crippen LogP contribution in [0.3, 0.4) is 0 Å². The van der Waals surface area contributed by atoms with Crippen molar-refractivity contribution in [3.63, 3.8) is 0 Å². The highest BCUT2D eigenvalue weighted by molar-refractivity contribution is 5.88. The Kier molecular flexibility index (Phi) is 2.53. The van der Waals surface area contributed by atoms with Gasteiger partial charge in [0.15, 0.2) is 0 Å². The number of anilines is 3. The van der Waals surface area contributed by atoms with E-state index in [1.54, 1.807) is 6.20 Å². The number of hydrogen-bond acceptors (Lipinski definition) is 5. The van der Waals surface area contributed by atoms with Gasteiger partial charge in [-0.1, -0.05) is 0 Å². The summed E-state index contributed by atoms with van der Waals surface area (Å²) in [7, 11) is 1.84. The van der Waals surface area contributed by atoms with Crippen molar-refractivity contribution in [2.24, 2.45) is 0 Å². The van der Waals surface area contributed by atoms with Gasteiger partial charge in [-0.15, -0.1) is 0 Å². The molecule has 3 heterocycles. The van der Waals surface area contributed by atoms with E-state index in [2.05, 4.69) is 30.6 Å². The minimum Gasteiger partial charge on any atom is -0.373 e. The van der Waals surface area contributed by atoms with Crippen LogP contribution in [-0.2, 0) is 0 Å². The fourth-order valence-corrected chi connectivity index (χ4v) is 1.72. The molecule has 0 aromatic carbocycles. The zero-order valence-corrected chi connectivity index (χ0v) is 9.81. The first-order chi connectivity index (χ1) is 8.86. The Morgan fingerprint density at radius 1 is 1.11 bits per heavy atom. The van der Waals surface area contributed by atoms with Gasteiger partial charge >= 0.3 is 0 Å². The number of fused-ring (bicyclic) bond motifs is 1. The molecule has 0 saturated heterocycles. The van der Waals surface area contributed by atoms with Crippen molar-refractivity contribution in [1.82, 2.24) is 19.9 Å². The van der Waals surface area contributed by atoms with E-state index in [1.165, 1.54) is 6.33 Å². The number of rotatable bonds is 3. The molecule has 6 heteroatoms. The molecule has 3 rings (SSSR count). The maximum atomic E-state index is 4.24. The predicted molar refractivity (Wildman–Crippen MR) is 71.0 cm³/mol. The van der Waals surface area contributed by atoms with Gasteiger partial charge in [-0.05, 0) is 18.2 Å². The van der Waals surface area contributed by atoms with Crippen LogP contribution in [0, 0.1) is 0 Å². The SMILES string of the molecule is CNc1ccc(Nc2ncnc3[nH]ccc23)cn1. The van der Waals surface area contributed by atoms with Gasteiger partial charge in [0.25, 0.3) is 0 Å². The van der Waals surface area contributed by atoms with Crippen molar-refractivity contribution in [3.8, 4) is 0 Å². The van der Waals surface area contributed by atoms with Gasteiger partial charge in [0.1, 0.15) is 23.6 Å². The predicted octanol–water partition coefficient (Wildman–Crippen LogP) is 2.14. The molecule has 0 aliphatic rings. The minimum absolute atomic E-state index is 0.764. The Morgan fingerprint density at radius 2 is 2.06 bits per heavy atom. The lowest BCUT2D eigenvalue weighted by molar-refractivity contribution is 1.19. The zero-order valence-electron chi connectivity index (χ0n) is 9.81. The second kappa shape index (κ2) is 4.33. The average molecular weight is 240 g/mol. The average Bonchev–Trinajstić information content (AvgIpc) is 2.89. The van der Waals surface area contributed by atoms with Crippen LogP contribution in [0.4, 0.5) is 17.3 Å². The number of hydrogen-bond donors (Lipinski definition) is 3. The van der Waals surface area contributed by atoms with Crippen molar-refractivity contribution in [3.05, 3.63) is 36.9 Å². The topological polar surface area (TPSA) is 78.5 Å². The molecule has 0 saturated carbocycles. The van der Waals surface area contributed by atoms with Gasteiger partial charge in [-0.3, -0.25) is 0 Å². The van der Waals surface area contributed by atoms with Gasteiger partial charge in [0.2, 0.25) is 0 Å². The smallest absolute Gasteiger partial charge is 0.143 e. The third-order valence-corrected chi connectivity index (χ3v) is 2.64. The lowest BCUT2D eigenvalue weighted by Crippen LogP contribution is -1.97. The Balaban J connectivity index is 1.93. The molecule has 0 amide bonds. The molecule has 0 bridgehead atoms. The number of nitrogens with zero attached hydrogens (tertiary/aromatic N) is 3. The number of aromatic nitrogens is 4. The van der Waals surface area contributed by atoms with Crippen molar-refractivity contribution in [2.75, 3.05) is 17.7 Å². The lowest BCUT2D eigenvalue weighted by Gasteiger charge is -2.06. The van der Waals surface area contributed by atoms with Gasteiger partial charge in [0, 0.05) is 13.2 Å². The molecule has 0 aliphatic carbocycles. The summed E-state index contributed by atoms with van der Waals surface area (Å²) in [6.07, 6.45) is 5.12. The summed E-state index contributed by atoms with van der Waals surface area (Å²) >= 11 is 0. The van der Waals surface area contributed by atoms with E-state index in [-0.39, 0.29) is 0 Å². The minimum atomic E-state index is 0.764. The third kappa shape index (κ3) is 1.84. The fourth-order valence-electron chi connectivity index (χ4n) is 1.72. The van der Waals surface area contributed by atoms with Crippen LogP contribution >= 0.6 is 0 Å². The molecule has 0 atom stereocenters. The quantitative estimate of drug-likeness (QED) is 0.653. The standard InChI is InChI=1S/C12H12N6/c1-13-10-3-2-8(6-15-10)18-12-9-4-5-14-11(9)16-7-17-12/h2-7H,1H3,(H,13,15)(H2,14,16,17,18). The van der Waals surface area contributed by atoms with E-state index < -0.39 is 0 Å². The van der Waals surface area contributed by atoms with Gasteiger partial charge < -0.3 is 15.6 Å². The molecule has 3 aromatic rings. The van der Waals surface area contributed by atoms with Crippen molar-refractivity contribution < 1.29 is 0 Å². The van der Waals surface area contributed by atoms with Crippen LogP contribution in [0.2, 0.25) is 0 Å². The summed E-state index contributed by atoms with van der Waals surface area (Å²) in [6, 6.07) is 5.78. The molecule has 3 N–H and O–H groups in total. The fraction of sp³-hybridized carbons (Fsp3) is 0.0833. The molecule has 18 heavy (non-hydrogen) atoms. The molecule has 0 unspecified atom stereocenters. The molecule has 0 radical (unpaired) electrons. The first kappa shape index (κ1) is 10.5. The first-order valence-corrected chi connectivity index (χ1v) is 5.56. The summed E-state index contributed by atoms with van der Waals surface area (Å²) in [6.45, 7) is 0. The highest BCUT2D eigenvalue weighted by atomic mass is 15.0. The van der Waals surface area contributed by atoms with Crippen molar-refractivity contribution in [1.29, 1.82) is 0 Å². The first-order valence-electron chi connectivity index (χ1n) is 5.56. The van der Waals surface area contributed by atoms with Crippen LogP contribution in [-0.4, -0.2) is 27.0 Å². The summed E-state index contributed by atoms with van der Waals surface area (Å²) in [5.41, 5.74) is 1.70. The Labute approximate surface area is 104 Å². The van der Waals surface area contributed by atoms with E-state index in [0.717, 1.165) is 28.4 Å². The van der Waals surface area contributed by atoms with Crippen LogP contribution in [0.15, 0.2) is 36.9 Å². The monoisotopic (exact) mass is 240 g/mol. The van der Waals surface area contributed by atoms with Gasteiger partial charge in [-0.2, -0.15) is 0 Å². The zero-order chi connectivity index (χ0) is 12.4. The molecule has 90 valence electrons. The number of H-pyrrole nitrogens is 1. The van der Waals surface area contributed by atoms with Crippen molar-refractivity contribution in [2.45, 2.75) is 0 Å². The highest BCUT2D eigenvalue weighted by Gasteiger charge is 2.04. The Bertz CT molecular complexity index is 658. The molecule has 6 nitrogen and oxygen atoms in total. The molecule has 0 spiro atoms. The molecular formula is C12H12N6. The van der Waals surface area contributed by atoms with Crippen LogP contribution in [0.25, 0.3) is 11.0 Å². The highest BCUT2D eigenvalue weighted by Crippen LogP contribution is 2.21. The normalized spacial score (nSPS) is 10.5. The van der Waals surface area contributed by atoms with Crippen LogP contribution in [0.5, 0.6) is 0 Å². The molecular weight excluding hydrogens is 228 g/mol. The number of pyridine rings is 1. The molecule has 3 aromatic heterocycles. The molecule has 0 aliphatic heterocycles. The maximum Gasteiger partial charge on any atom is 0.143 e. The van der Waals surface area contributed by atoms with E-state index in [9.17, 15) is 0 Å². The van der Waals surface area contributed by atoms with Crippen LogP contribution in [0.1, 0.15) is 0 Å².